The number of amides is 1. The summed E-state index contributed by atoms with van der Waals surface area (Å²) in [7, 11) is 0. The Morgan fingerprint density at radius 3 is 2.30 bits per heavy atom. The van der Waals surface area contributed by atoms with Gasteiger partial charge in [0.15, 0.2) is 0 Å². The van der Waals surface area contributed by atoms with Crippen molar-refractivity contribution in [1.29, 1.82) is 0 Å². The summed E-state index contributed by atoms with van der Waals surface area (Å²) in [6.07, 6.45) is 2.86. The van der Waals surface area contributed by atoms with Gasteiger partial charge in [-0.3, -0.25) is 4.79 Å². The second-order valence-electron chi connectivity index (χ2n) is 9.98. The fourth-order valence-electron chi connectivity index (χ4n) is 5.06. The number of hydrogen-bond donors (Lipinski definition) is 0. The topological polar surface area (TPSA) is 37.6 Å². The van der Waals surface area contributed by atoms with Crippen LogP contribution in [0, 0.1) is 6.92 Å². The van der Waals surface area contributed by atoms with Crippen molar-refractivity contribution in [3.05, 3.63) is 134 Å². The summed E-state index contributed by atoms with van der Waals surface area (Å²) in [6.45, 7) is 2.85. The quantitative estimate of drug-likeness (QED) is 0.162. The molecule has 0 saturated heterocycles. The summed E-state index contributed by atoms with van der Waals surface area (Å²) >= 11 is 8.62. The third-order valence-electron chi connectivity index (χ3n) is 7.17. The van der Waals surface area contributed by atoms with E-state index in [9.17, 15) is 4.79 Å². The fourth-order valence-corrected chi connectivity index (χ4v) is 6.53. The standard InChI is InChI=1S/C33H27Br2N3OS/c1-22-6-10-25(11-7-22)31-18-29(24-12-16-27(35)17-13-24)36-38(31)33(39)21-40-32-20-37(30-5-3-2-4-28(30)32)19-23-8-14-26(34)15-9-23/h2-17,20,31H,18-19,21H2,1H3/t31-/m0/s1. The van der Waals surface area contributed by atoms with Crippen LogP contribution in [0.25, 0.3) is 10.9 Å². The molecule has 0 bridgehead atoms. The number of aromatic nitrogens is 1. The molecular formula is C33H27Br2N3OS. The third-order valence-corrected chi connectivity index (χ3v) is 9.26. The number of benzene rings is 4. The molecule has 0 aliphatic carbocycles. The van der Waals surface area contributed by atoms with Crippen molar-refractivity contribution < 1.29 is 4.79 Å². The number of hydrazone groups is 1. The van der Waals surface area contributed by atoms with Crippen molar-refractivity contribution in [2.75, 3.05) is 5.75 Å². The first-order chi connectivity index (χ1) is 19.4. The van der Waals surface area contributed by atoms with E-state index in [2.05, 4.69) is 134 Å². The van der Waals surface area contributed by atoms with E-state index in [1.807, 2.05) is 12.1 Å². The van der Waals surface area contributed by atoms with Crippen LogP contribution in [0.1, 0.15) is 34.7 Å². The Morgan fingerprint density at radius 2 is 1.57 bits per heavy atom. The number of rotatable bonds is 7. The SMILES string of the molecule is Cc1ccc([C@@H]2CC(c3ccc(Br)cc3)=NN2C(=O)CSc2cn(Cc3ccc(Br)cc3)c3ccccc23)cc1. The van der Waals surface area contributed by atoms with Gasteiger partial charge in [-0.15, -0.1) is 11.8 Å². The van der Waals surface area contributed by atoms with Gasteiger partial charge in [-0.1, -0.05) is 104 Å². The number of hydrogen-bond acceptors (Lipinski definition) is 3. The monoisotopic (exact) mass is 671 g/mol. The zero-order valence-corrected chi connectivity index (χ0v) is 25.9. The van der Waals surface area contributed by atoms with Crippen molar-refractivity contribution in [3.63, 3.8) is 0 Å². The molecule has 5 aromatic rings. The van der Waals surface area contributed by atoms with Gasteiger partial charge in [-0.2, -0.15) is 5.10 Å². The number of para-hydroxylation sites is 1. The van der Waals surface area contributed by atoms with Crippen LogP contribution in [0.2, 0.25) is 0 Å². The number of fused-ring (bicyclic) bond motifs is 1. The van der Waals surface area contributed by atoms with E-state index >= 15 is 0 Å². The summed E-state index contributed by atoms with van der Waals surface area (Å²) in [5, 5.41) is 7.74. The van der Waals surface area contributed by atoms with E-state index in [1.165, 1.54) is 11.1 Å². The molecule has 1 aliphatic heterocycles. The second kappa shape index (κ2) is 11.8. The first-order valence-corrected chi connectivity index (χ1v) is 15.7. The van der Waals surface area contributed by atoms with Gasteiger partial charge in [0.05, 0.1) is 17.5 Å². The van der Waals surface area contributed by atoms with Gasteiger partial charge in [0, 0.05) is 43.9 Å². The van der Waals surface area contributed by atoms with E-state index in [0.29, 0.717) is 12.2 Å². The molecule has 1 aromatic heterocycles. The molecule has 1 atom stereocenters. The number of carbonyl (C=O) groups is 1. The number of carbonyl (C=O) groups excluding carboxylic acids is 1. The molecule has 0 spiro atoms. The van der Waals surface area contributed by atoms with Crippen LogP contribution >= 0.6 is 43.6 Å². The van der Waals surface area contributed by atoms with Crippen LogP contribution in [-0.4, -0.2) is 26.9 Å². The summed E-state index contributed by atoms with van der Waals surface area (Å²) in [4.78, 5) is 14.8. The Kier molecular flexibility index (Phi) is 7.96. The van der Waals surface area contributed by atoms with Crippen molar-refractivity contribution in [3.8, 4) is 0 Å². The maximum atomic E-state index is 13.7. The normalized spacial score (nSPS) is 15.0. The Morgan fingerprint density at radius 1 is 0.900 bits per heavy atom. The predicted octanol–water partition coefficient (Wildman–Crippen LogP) is 8.99. The van der Waals surface area contributed by atoms with E-state index in [-0.39, 0.29) is 11.9 Å². The molecule has 0 N–H and O–H groups in total. The highest BCUT2D eigenvalue weighted by atomic mass is 79.9. The first-order valence-electron chi connectivity index (χ1n) is 13.1. The third kappa shape index (κ3) is 5.82. The smallest absolute Gasteiger partial charge is 0.253 e. The lowest BCUT2D eigenvalue weighted by molar-refractivity contribution is -0.130. The minimum absolute atomic E-state index is 0.00688. The summed E-state index contributed by atoms with van der Waals surface area (Å²) in [6, 6.07) is 33.3. The average Bonchev–Trinajstić information content (AvgIpc) is 3.56. The molecular weight excluding hydrogens is 646 g/mol. The van der Waals surface area contributed by atoms with E-state index in [4.69, 9.17) is 5.10 Å². The van der Waals surface area contributed by atoms with Gasteiger partial charge in [-0.05, 0) is 53.9 Å². The largest absolute Gasteiger partial charge is 0.342 e. The van der Waals surface area contributed by atoms with E-state index < -0.39 is 0 Å². The van der Waals surface area contributed by atoms with Crippen LogP contribution < -0.4 is 0 Å². The summed E-state index contributed by atoms with van der Waals surface area (Å²) in [5.41, 5.74) is 6.66. The fraction of sp³-hybridized carbons (Fsp3) is 0.152. The zero-order chi connectivity index (χ0) is 27.6. The predicted molar refractivity (Wildman–Crippen MR) is 172 cm³/mol. The first kappa shape index (κ1) is 27.1. The minimum atomic E-state index is -0.119. The van der Waals surface area contributed by atoms with Crippen LogP contribution in [0.4, 0.5) is 0 Å². The lowest BCUT2D eigenvalue weighted by atomic mass is 9.98. The number of aryl methyl sites for hydroxylation is 1. The molecule has 0 unspecified atom stereocenters. The second-order valence-corrected chi connectivity index (χ2v) is 12.8. The van der Waals surface area contributed by atoms with Crippen molar-refractivity contribution >= 4 is 66.1 Å². The van der Waals surface area contributed by atoms with Gasteiger partial charge >= 0.3 is 0 Å². The summed E-state index contributed by atoms with van der Waals surface area (Å²) < 4.78 is 4.36. The van der Waals surface area contributed by atoms with Gasteiger partial charge in [-0.25, -0.2) is 5.01 Å². The maximum Gasteiger partial charge on any atom is 0.253 e. The number of nitrogens with zero attached hydrogens (tertiary/aromatic N) is 3. The van der Waals surface area contributed by atoms with Crippen LogP contribution in [0.3, 0.4) is 0 Å². The molecule has 0 radical (unpaired) electrons. The number of thioether (sulfide) groups is 1. The van der Waals surface area contributed by atoms with Crippen molar-refractivity contribution in [2.24, 2.45) is 5.10 Å². The highest BCUT2D eigenvalue weighted by molar-refractivity contribution is 9.10. The Labute approximate surface area is 255 Å². The molecule has 4 nitrogen and oxygen atoms in total. The highest BCUT2D eigenvalue weighted by Gasteiger charge is 2.33. The van der Waals surface area contributed by atoms with Crippen molar-refractivity contribution in [1.82, 2.24) is 9.58 Å². The molecule has 200 valence electrons. The average molecular weight is 673 g/mol. The molecule has 1 amide bonds. The van der Waals surface area contributed by atoms with Gasteiger partial charge in [0.2, 0.25) is 0 Å². The molecule has 0 saturated carbocycles. The van der Waals surface area contributed by atoms with Crippen molar-refractivity contribution in [2.45, 2.75) is 30.8 Å². The van der Waals surface area contributed by atoms with Crippen LogP contribution in [0.5, 0.6) is 0 Å². The summed E-state index contributed by atoms with van der Waals surface area (Å²) in [5.74, 6) is 0.318. The van der Waals surface area contributed by atoms with Crippen LogP contribution in [0.15, 0.2) is 122 Å². The lowest BCUT2D eigenvalue weighted by Crippen LogP contribution is -2.28. The van der Waals surface area contributed by atoms with Gasteiger partial charge < -0.3 is 4.57 Å². The Hall–Kier alpha value is -3.13. The highest BCUT2D eigenvalue weighted by Crippen LogP contribution is 2.36. The lowest BCUT2D eigenvalue weighted by Gasteiger charge is -2.22. The van der Waals surface area contributed by atoms with Gasteiger partial charge in [0.25, 0.3) is 5.91 Å². The molecule has 0 fully saturated rings. The molecule has 7 heteroatoms. The Bertz CT molecular complexity index is 1690. The molecule has 1 aliphatic rings. The van der Waals surface area contributed by atoms with E-state index in [0.717, 1.165) is 48.1 Å². The zero-order valence-electron chi connectivity index (χ0n) is 21.9. The molecule has 40 heavy (non-hydrogen) atoms. The minimum Gasteiger partial charge on any atom is -0.342 e. The molecule has 4 aromatic carbocycles. The Balaban J connectivity index is 1.25. The molecule has 6 rings (SSSR count). The number of halogens is 2. The van der Waals surface area contributed by atoms with Crippen LogP contribution in [-0.2, 0) is 11.3 Å². The molecule has 2 heterocycles. The van der Waals surface area contributed by atoms with E-state index in [1.54, 1.807) is 16.8 Å². The maximum absolute atomic E-state index is 13.7. The van der Waals surface area contributed by atoms with Gasteiger partial charge in [0.1, 0.15) is 0 Å².